The molecule has 1 aromatic carbocycles. The van der Waals surface area contributed by atoms with E-state index >= 15 is 0 Å². The largest absolute Gasteiger partial charge is 0.393 e. The van der Waals surface area contributed by atoms with Crippen LogP contribution in [0, 0.1) is 5.92 Å². The summed E-state index contributed by atoms with van der Waals surface area (Å²) in [5.41, 5.74) is 3.41. The Bertz CT molecular complexity index is 561. The maximum absolute atomic E-state index is 12.1. The second-order valence-corrected chi connectivity index (χ2v) is 6.89. The van der Waals surface area contributed by atoms with Crippen molar-refractivity contribution in [1.29, 1.82) is 0 Å². The topological polar surface area (TPSA) is 64.6 Å². The van der Waals surface area contributed by atoms with Gasteiger partial charge in [-0.25, -0.2) is 4.79 Å². The van der Waals surface area contributed by atoms with Crippen molar-refractivity contribution < 1.29 is 9.90 Å². The SMILES string of the molecule is CN1CCCc2cc(NC(=O)NCC3CCCC(O)C3)ccc21. The van der Waals surface area contributed by atoms with Crippen molar-refractivity contribution in [2.75, 3.05) is 30.4 Å². The summed E-state index contributed by atoms with van der Waals surface area (Å²) in [7, 11) is 2.11. The molecule has 2 amide bonds. The summed E-state index contributed by atoms with van der Waals surface area (Å²) in [6.07, 6.45) is 5.85. The summed E-state index contributed by atoms with van der Waals surface area (Å²) in [5.74, 6) is 0.390. The fraction of sp³-hybridized carbons (Fsp3) is 0.611. The third-order valence-electron chi connectivity index (χ3n) is 4.99. The van der Waals surface area contributed by atoms with Crippen LogP contribution in [0.5, 0.6) is 0 Å². The molecule has 0 bridgehead atoms. The molecular weight excluding hydrogens is 290 g/mol. The van der Waals surface area contributed by atoms with Gasteiger partial charge in [0, 0.05) is 31.5 Å². The fourth-order valence-electron chi connectivity index (χ4n) is 3.72. The molecule has 1 aromatic rings. The highest BCUT2D eigenvalue weighted by Gasteiger charge is 2.20. The molecule has 1 aliphatic carbocycles. The van der Waals surface area contributed by atoms with Crippen LogP contribution in [0.2, 0.25) is 0 Å². The highest BCUT2D eigenvalue weighted by atomic mass is 16.3. The summed E-state index contributed by atoms with van der Waals surface area (Å²) in [6.45, 7) is 1.73. The lowest BCUT2D eigenvalue weighted by atomic mass is 9.87. The van der Waals surface area contributed by atoms with E-state index in [1.807, 2.05) is 6.07 Å². The Kier molecular flexibility index (Phi) is 5.06. The van der Waals surface area contributed by atoms with Crippen LogP contribution in [0.4, 0.5) is 16.2 Å². The van der Waals surface area contributed by atoms with Crippen LogP contribution >= 0.6 is 0 Å². The first kappa shape index (κ1) is 16.1. The van der Waals surface area contributed by atoms with Gasteiger partial charge in [-0.15, -0.1) is 0 Å². The predicted molar refractivity (Wildman–Crippen MR) is 93.0 cm³/mol. The molecular formula is C18H27N3O2. The molecule has 0 aromatic heterocycles. The zero-order chi connectivity index (χ0) is 16.2. The molecule has 2 aliphatic rings. The van der Waals surface area contributed by atoms with Crippen molar-refractivity contribution >= 4 is 17.4 Å². The summed E-state index contributed by atoms with van der Waals surface area (Å²) in [5, 5.41) is 15.5. The molecule has 2 atom stereocenters. The number of hydrogen-bond acceptors (Lipinski definition) is 3. The molecule has 0 spiro atoms. The van der Waals surface area contributed by atoms with Gasteiger partial charge in [0.2, 0.25) is 0 Å². The number of urea groups is 1. The molecule has 3 rings (SSSR count). The van der Waals surface area contributed by atoms with Crippen molar-refractivity contribution in [2.45, 2.75) is 44.6 Å². The van der Waals surface area contributed by atoms with E-state index in [2.05, 4.69) is 34.7 Å². The first-order chi connectivity index (χ1) is 11.1. The Morgan fingerprint density at radius 3 is 3.04 bits per heavy atom. The average molecular weight is 317 g/mol. The number of anilines is 2. The molecule has 5 heteroatoms. The minimum atomic E-state index is -0.198. The van der Waals surface area contributed by atoms with E-state index in [0.717, 1.165) is 50.8 Å². The second-order valence-electron chi connectivity index (χ2n) is 6.89. The van der Waals surface area contributed by atoms with Gasteiger partial charge in [-0.1, -0.05) is 6.42 Å². The van der Waals surface area contributed by atoms with Crippen LogP contribution < -0.4 is 15.5 Å². The van der Waals surface area contributed by atoms with Gasteiger partial charge in [-0.3, -0.25) is 0 Å². The second kappa shape index (κ2) is 7.21. The molecule has 3 N–H and O–H groups in total. The van der Waals surface area contributed by atoms with E-state index in [0.29, 0.717) is 12.5 Å². The number of aryl methyl sites for hydroxylation is 1. The maximum atomic E-state index is 12.1. The third kappa shape index (κ3) is 4.16. The number of amides is 2. The number of nitrogens with one attached hydrogen (secondary N) is 2. The first-order valence-corrected chi connectivity index (χ1v) is 8.69. The van der Waals surface area contributed by atoms with Crippen molar-refractivity contribution in [3.63, 3.8) is 0 Å². The van der Waals surface area contributed by atoms with Crippen molar-refractivity contribution in [1.82, 2.24) is 5.32 Å². The zero-order valence-corrected chi connectivity index (χ0v) is 13.8. The van der Waals surface area contributed by atoms with Crippen molar-refractivity contribution in [2.24, 2.45) is 5.92 Å². The number of rotatable bonds is 3. The van der Waals surface area contributed by atoms with Gasteiger partial charge in [-0.2, -0.15) is 0 Å². The van der Waals surface area contributed by atoms with E-state index in [4.69, 9.17) is 0 Å². The van der Waals surface area contributed by atoms with Gasteiger partial charge in [0.1, 0.15) is 0 Å². The number of benzene rings is 1. The monoisotopic (exact) mass is 317 g/mol. The summed E-state index contributed by atoms with van der Waals surface area (Å²) < 4.78 is 0. The molecule has 1 saturated carbocycles. The summed E-state index contributed by atoms with van der Waals surface area (Å²) in [6, 6.07) is 5.97. The minimum absolute atomic E-state index is 0.158. The lowest BCUT2D eigenvalue weighted by Gasteiger charge is -2.28. The molecule has 23 heavy (non-hydrogen) atoms. The van der Waals surface area contributed by atoms with Crippen molar-refractivity contribution in [3.05, 3.63) is 23.8 Å². The quantitative estimate of drug-likeness (QED) is 0.803. The van der Waals surface area contributed by atoms with Gasteiger partial charge in [0.15, 0.2) is 0 Å². The van der Waals surface area contributed by atoms with Crippen molar-refractivity contribution in [3.8, 4) is 0 Å². The predicted octanol–water partition coefficient (Wildman–Crippen LogP) is 2.74. The Morgan fingerprint density at radius 2 is 2.22 bits per heavy atom. The number of fused-ring (bicyclic) bond motifs is 1. The molecule has 2 unspecified atom stereocenters. The number of hydrogen-bond donors (Lipinski definition) is 3. The maximum Gasteiger partial charge on any atom is 0.319 e. The van der Waals surface area contributed by atoms with Gasteiger partial charge in [0.05, 0.1) is 6.10 Å². The van der Waals surface area contributed by atoms with Crippen LogP contribution in [0.15, 0.2) is 18.2 Å². The molecule has 0 saturated heterocycles. The standard InChI is InChI=1S/C18H27N3O2/c1-21-9-3-5-14-11-15(7-8-17(14)21)20-18(23)19-12-13-4-2-6-16(22)10-13/h7-8,11,13,16,22H,2-6,9-10,12H2,1H3,(H2,19,20,23). The minimum Gasteiger partial charge on any atom is -0.393 e. The number of aliphatic hydroxyl groups excluding tert-OH is 1. The molecule has 1 aliphatic heterocycles. The van der Waals surface area contributed by atoms with E-state index in [1.54, 1.807) is 0 Å². The van der Waals surface area contributed by atoms with Gasteiger partial charge in [-0.05, 0) is 61.8 Å². The average Bonchev–Trinajstić information content (AvgIpc) is 2.53. The molecule has 0 radical (unpaired) electrons. The Balaban J connectivity index is 1.52. The van der Waals surface area contributed by atoms with Gasteiger partial charge >= 0.3 is 6.03 Å². The van der Waals surface area contributed by atoms with Gasteiger partial charge < -0.3 is 20.6 Å². The highest BCUT2D eigenvalue weighted by molar-refractivity contribution is 5.89. The zero-order valence-electron chi connectivity index (χ0n) is 13.8. The van der Waals surface area contributed by atoms with E-state index in [1.165, 1.54) is 11.3 Å². The van der Waals surface area contributed by atoms with Gasteiger partial charge in [0.25, 0.3) is 0 Å². The molecule has 1 fully saturated rings. The number of nitrogens with zero attached hydrogens (tertiary/aromatic N) is 1. The Hall–Kier alpha value is -1.75. The fourth-order valence-corrected chi connectivity index (χ4v) is 3.72. The molecule has 126 valence electrons. The smallest absolute Gasteiger partial charge is 0.319 e. The Labute approximate surface area is 138 Å². The number of carbonyl (C=O) groups is 1. The molecule has 1 heterocycles. The summed E-state index contributed by atoms with van der Waals surface area (Å²) >= 11 is 0. The van der Waals surface area contributed by atoms with E-state index in [-0.39, 0.29) is 12.1 Å². The van der Waals surface area contributed by atoms with E-state index < -0.39 is 0 Å². The number of aliphatic hydroxyl groups is 1. The van der Waals surface area contributed by atoms with E-state index in [9.17, 15) is 9.90 Å². The molecule has 5 nitrogen and oxygen atoms in total. The lowest BCUT2D eigenvalue weighted by molar-refractivity contribution is 0.101. The lowest BCUT2D eigenvalue weighted by Crippen LogP contribution is -2.35. The van der Waals surface area contributed by atoms with Crippen LogP contribution in [0.1, 0.15) is 37.7 Å². The first-order valence-electron chi connectivity index (χ1n) is 8.69. The number of carbonyl (C=O) groups excluding carboxylic acids is 1. The third-order valence-corrected chi connectivity index (χ3v) is 4.99. The Morgan fingerprint density at radius 1 is 1.35 bits per heavy atom. The van der Waals surface area contributed by atoms with Crippen LogP contribution in [0.3, 0.4) is 0 Å². The van der Waals surface area contributed by atoms with Crippen LogP contribution in [0.25, 0.3) is 0 Å². The highest BCUT2D eigenvalue weighted by Crippen LogP contribution is 2.28. The van der Waals surface area contributed by atoms with Crippen LogP contribution in [-0.4, -0.2) is 37.4 Å². The summed E-state index contributed by atoms with van der Waals surface area (Å²) in [4.78, 5) is 14.3. The normalized spacial score (nSPS) is 24.0. The van der Waals surface area contributed by atoms with Crippen LogP contribution in [-0.2, 0) is 6.42 Å².